The van der Waals surface area contributed by atoms with Gasteiger partial charge in [0.25, 0.3) is 0 Å². The maximum absolute atomic E-state index is 10.4. The summed E-state index contributed by atoms with van der Waals surface area (Å²) in [7, 11) is 0. The van der Waals surface area contributed by atoms with Crippen LogP contribution in [0.15, 0.2) is 0 Å². The van der Waals surface area contributed by atoms with E-state index in [4.69, 9.17) is 5.11 Å². The molecule has 0 unspecified atom stereocenters. The Bertz CT molecular complexity index is 260. The lowest BCUT2D eigenvalue weighted by atomic mass is 10.1. The minimum absolute atomic E-state index is 0.327. The van der Waals surface area contributed by atoms with Gasteiger partial charge in [0.2, 0.25) is 0 Å². The first kappa shape index (κ1) is 23.4. The van der Waals surface area contributed by atoms with E-state index < -0.39 is 5.97 Å². The summed E-state index contributed by atoms with van der Waals surface area (Å²) >= 11 is 0. The predicted molar refractivity (Wildman–Crippen MR) is 104 cm³/mol. The van der Waals surface area contributed by atoms with E-state index in [1.165, 1.54) is 83.7 Å². The molecule has 0 amide bonds. The standard InChI is InChI=1S/C20H42N2O2/c1-2-3-16-21-17-12-8-4-5-9-13-18-22-19-14-10-6-7-11-15-20(23)24/h21-22H,2-19H2,1H3,(H,23,24). The number of unbranched alkanes of at least 4 members (excludes halogenated alkanes) is 10. The number of carboxylic acids is 1. The summed E-state index contributed by atoms with van der Waals surface area (Å²) in [5, 5.41) is 15.6. The molecule has 0 heterocycles. The van der Waals surface area contributed by atoms with Crippen molar-refractivity contribution < 1.29 is 9.90 Å². The molecule has 4 nitrogen and oxygen atoms in total. The van der Waals surface area contributed by atoms with Crippen LogP contribution in [0.2, 0.25) is 0 Å². The third-order valence-electron chi connectivity index (χ3n) is 4.41. The molecule has 0 radical (unpaired) electrons. The Kier molecular flexibility index (Phi) is 19.9. The Labute approximate surface area is 150 Å². The van der Waals surface area contributed by atoms with Crippen LogP contribution < -0.4 is 10.6 Å². The van der Waals surface area contributed by atoms with Crippen LogP contribution in [0.25, 0.3) is 0 Å². The molecule has 0 aliphatic heterocycles. The Hall–Kier alpha value is -0.610. The SMILES string of the molecule is CCCCNCCCCCCCCNCCCCCCCC(=O)O. The molecule has 24 heavy (non-hydrogen) atoms. The van der Waals surface area contributed by atoms with Crippen molar-refractivity contribution in [3.63, 3.8) is 0 Å². The van der Waals surface area contributed by atoms with Crippen molar-refractivity contribution >= 4 is 5.97 Å². The van der Waals surface area contributed by atoms with Crippen LogP contribution in [0.5, 0.6) is 0 Å². The van der Waals surface area contributed by atoms with Crippen molar-refractivity contribution in [1.82, 2.24) is 10.6 Å². The fraction of sp³-hybridized carbons (Fsp3) is 0.950. The van der Waals surface area contributed by atoms with Crippen molar-refractivity contribution in [2.45, 2.75) is 96.8 Å². The Morgan fingerprint density at radius 2 is 1.00 bits per heavy atom. The summed E-state index contributed by atoms with van der Waals surface area (Å²) in [4.78, 5) is 10.4. The first-order valence-electron chi connectivity index (χ1n) is 10.4. The van der Waals surface area contributed by atoms with Crippen LogP contribution >= 0.6 is 0 Å². The van der Waals surface area contributed by atoms with E-state index >= 15 is 0 Å². The van der Waals surface area contributed by atoms with Crippen molar-refractivity contribution in [2.75, 3.05) is 26.2 Å². The highest BCUT2D eigenvalue weighted by molar-refractivity contribution is 5.66. The highest BCUT2D eigenvalue weighted by Gasteiger charge is 1.96. The molecule has 0 saturated heterocycles. The summed E-state index contributed by atoms with van der Waals surface area (Å²) in [6.45, 7) is 6.88. The second-order valence-corrected chi connectivity index (χ2v) is 6.89. The molecule has 0 aromatic carbocycles. The highest BCUT2D eigenvalue weighted by Crippen LogP contribution is 2.06. The van der Waals surface area contributed by atoms with Crippen LogP contribution in [0.3, 0.4) is 0 Å². The monoisotopic (exact) mass is 342 g/mol. The maximum Gasteiger partial charge on any atom is 0.303 e. The van der Waals surface area contributed by atoms with Gasteiger partial charge in [-0.25, -0.2) is 0 Å². The minimum atomic E-state index is -0.666. The van der Waals surface area contributed by atoms with Gasteiger partial charge in [-0.05, 0) is 58.3 Å². The first-order chi connectivity index (χ1) is 11.8. The van der Waals surface area contributed by atoms with Crippen LogP contribution in [-0.4, -0.2) is 37.3 Å². The number of carboxylic acid groups (broad SMARTS) is 1. The zero-order valence-corrected chi connectivity index (χ0v) is 16.1. The van der Waals surface area contributed by atoms with E-state index in [-0.39, 0.29) is 0 Å². The number of aliphatic carboxylic acids is 1. The van der Waals surface area contributed by atoms with Gasteiger partial charge in [-0.1, -0.05) is 58.3 Å². The Morgan fingerprint density at radius 3 is 1.42 bits per heavy atom. The van der Waals surface area contributed by atoms with Gasteiger partial charge in [-0.2, -0.15) is 0 Å². The lowest BCUT2D eigenvalue weighted by Crippen LogP contribution is -2.16. The van der Waals surface area contributed by atoms with Gasteiger partial charge < -0.3 is 15.7 Å². The van der Waals surface area contributed by atoms with Crippen LogP contribution in [0.1, 0.15) is 96.8 Å². The molecule has 4 heteroatoms. The van der Waals surface area contributed by atoms with Gasteiger partial charge in [0.1, 0.15) is 0 Å². The van der Waals surface area contributed by atoms with E-state index in [1.807, 2.05) is 0 Å². The van der Waals surface area contributed by atoms with Crippen molar-refractivity contribution in [3.05, 3.63) is 0 Å². The van der Waals surface area contributed by atoms with E-state index in [2.05, 4.69) is 17.6 Å². The molecule has 0 aliphatic rings. The van der Waals surface area contributed by atoms with Gasteiger partial charge in [-0.15, -0.1) is 0 Å². The second kappa shape index (κ2) is 20.4. The number of carbonyl (C=O) groups is 1. The molecule has 0 aromatic rings. The van der Waals surface area contributed by atoms with E-state index in [0.717, 1.165) is 25.9 Å². The number of rotatable bonds is 20. The largest absolute Gasteiger partial charge is 0.481 e. The van der Waals surface area contributed by atoms with E-state index in [9.17, 15) is 4.79 Å². The summed E-state index contributed by atoms with van der Waals surface area (Å²) in [6.07, 6.45) is 16.5. The molecule has 0 saturated carbocycles. The molecule has 0 atom stereocenters. The molecule has 144 valence electrons. The molecule has 0 fully saturated rings. The van der Waals surface area contributed by atoms with Crippen molar-refractivity contribution in [2.24, 2.45) is 0 Å². The van der Waals surface area contributed by atoms with Crippen LogP contribution in [-0.2, 0) is 4.79 Å². The highest BCUT2D eigenvalue weighted by atomic mass is 16.4. The smallest absolute Gasteiger partial charge is 0.303 e. The molecular weight excluding hydrogens is 300 g/mol. The van der Waals surface area contributed by atoms with E-state index in [1.54, 1.807) is 0 Å². The minimum Gasteiger partial charge on any atom is -0.481 e. The number of nitrogens with one attached hydrogen (secondary N) is 2. The summed E-state index contributed by atoms with van der Waals surface area (Å²) in [5.41, 5.74) is 0. The third kappa shape index (κ3) is 21.4. The van der Waals surface area contributed by atoms with Gasteiger partial charge >= 0.3 is 5.97 Å². The molecule has 0 aliphatic carbocycles. The van der Waals surface area contributed by atoms with Gasteiger partial charge in [0, 0.05) is 6.42 Å². The first-order valence-corrected chi connectivity index (χ1v) is 10.4. The summed E-state index contributed by atoms with van der Waals surface area (Å²) in [5.74, 6) is -0.666. The third-order valence-corrected chi connectivity index (χ3v) is 4.41. The fourth-order valence-corrected chi connectivity index (χ4v) is 2.82. The quantitative estimate of drug-likeness (QED) is 0.280. The van der Waals surface area contributed by atoms with Gasteiger partial charge in [0.15, 0.2) is 0 Å². The van der Waals surface area contributed by atoms with Crippen molar-refractivity contribution in [3.8, 4) is 0 Å². The fourth-order valence-electron chi connectivity index (χ4n) is 2.82. The number of hydrogen-bond donors (Lipinski definition) is 3. The lowest BCUT2D eigenvalue weighted by Gasteiger charge is -2.06. The molecule has 0 rings (SSSR count). The molecule has 3 N–H and O–H groups in total. The average Bonchev–Trinajstić information content (AvgIpc) is 2.56. The maximum atomic E-state index is 10.4. The molecule has 0 bridgehead atoms. The zero-order valence-electron chi connectivity index (χ0n) is 16.1. The Balaban J connectivity index is 2.97. The zero-order chi connectivity index (χ0) is 17.7. The van der Waals surface area contributed by atoms with Crippen LogP contribution in [0, 0.1) is 0 Å². The van der Waals surface area contributed by atoms with Gasteiger partial charge in [0.05, 0.1) is 0 Å². The Morgan fingerprint density at radius 1 is 0.625 bits per heavy atom. The van der Waals surface area contributed by atoms with Crippen LogP contribution in [0.4, 0.5) is 0 Å². The molecular formula is C20H42N2O2. The lowest BCUT2D eigenvalue weighted by molar-refractivity contribution is -0.137. The number of hydrogen-bond acceptors (Lipinski definition) is 3. The summed E-state index contributed by atoms with van der Waals surface area (Å²) < 4.78 is 0. The average molecular weight is 343 g/mol. The molecule has 0 aromatic heterocycles. The topological polar surface area (TPSA) is 61.4 Å². The predicted octanol–water partition coefficient (Wildman–Crippen LogP) is 4.73. The second-order valence-electron chi connectivity index (χ2n) is 6.89. The van der Waals surface area contributed by atoms with Gasteiger partial charge in [-0.3, -0.25) is 4.79 Å². The molecule has 0 spiro atoms. The van der Waals surface area contributed by atoms with E-state index in [0.29, 0.717) is 6.42 Å². The normalized spacial score (nSPS) is 11.0. The van der Waals surface area contributed by atoms with Crippen molar-refractivity contribution in [1.29, 1.82) is 0 Å². The summed E-state index contributed by atoms with van der Waals surface area (Å²) in [6, 6.07) is 0.